The molecule has 26 heavy (non-hydrogen) atoms. The molecule has 3 rings (SSSR count). The molecule has 8 nitrogen and oxygen atoms in total. The number of phenols is 1. The van der Waals surface area contributed by atoms with Gasteiger partial charge in [-0.15, -0.1) is 0 Å². The number of fused-ring (bicyclic) bond motifs is 3. The third-order valence-corrected chi connectivity index (χ3v) is 5.82. The molecule has 2 aliphatic heterocycles. The Morgan fingerprint density at radius 3 is 2.31 bits per heavy atom. The molecule has 0 spiro atoms. The van der Waals surface area contributed by atoms with E-state index in [2.05, 4.69) is 0 Å². The maximum absolute atomic E-state index is 12.8. The first-order valence-corrected chi connectivity index (χ1v) is 8.53. The lowest BCUT2D eigenvalue weighted by Crippen LogP contribution is -2.59. The van der Waals surface area contributed by atoms with E-state index in [1.807, 2.05) is 0 Å². The van der Waals surface area contributed by atoms with E-state index in [1.165, 1.54) is 20.0 Å². The van der Waals surface area contributed by atoms with Crippen molar-refractivity contribution in [2.45, 2.75) is 63.3 Å². The van der Waals surface area contributed by atoms with Crippen LogP contribution in [-0.2, 0) is 10.4 Å². The zero-order valence-electron chi connectivity index (χ0n) is 15.4. The van der Waals surface area contributed by atoms with E-state index in [4.69, 9.17) is 4.74 Å². The quantitative estimate of drug-likeness (QED) is 0.495. The Bertz CT molecular complexity index is 777. The number of hydrogen-bond acceptors (Lipinski definition) is 7. The van der Waals surface area contributed by atoms with Crippen LogP contribution in [0.5, 0.6) is 11.5 Å². The van der Waals surface area contributed by atoms with Crippen LogP contribution in [0.25, 0.3) is 0 Å². The van der Waals surface area contributed by atoms with Crippen molar-refractivity contribution >= 4 is 5.91 Å². The van der Waals surface area contributed by atoms with Gasteiger partial charge in [0.05, 0.1) is 17.8 Å². The van der Waals surface area contributed by atoms with Crippen molar-refractivity contribution in [3.8, 4) is 11.5 Å². The van der Waals surface area contributed by atoms with Gasteiger partial charge < -0.3 is 35.2 Å². The third-order valence-electron chi connectivity index (χ3n) is 5.82. The summed E-state index contributed by atoms with van der Waals surface area (Å²) in [6.45, 7) is 6.33. The summed E-state index contributed by atoms with van der Waals surface area (Å²) in [7, 11) is 1.34. The smallest absolute Gasteiger partial charge is 0.274 e. The zero-order valence-corrected chi connectivity index (χ0v) is 15.4. The Morgan fingerprint density at radius 1 is 1.23 bits per heavy atom. The molecule has 2 aliphatic rings. The van der Waals surface area contributed by atoms with Crippen LogP contribution in [0.4, 0.5) is 0 Å². The molecule has 5 N–H and O–H groups in total. The standard InChI is InChI=1S/C18H25NO7/c1-7(9(3)20)11-6-12-13(14(22)8(11)2)17(24)16(23)19(5)15(10(4)21)18(17,25)26-12/h6-7,9-10,15,20-22,24-25H,1-5H3/t7-,9-,10-,15?,17-,18+/m1/s1. The molecule has 144 valence electrons. The number of nitrogens with zero attached hydrogens (tertiary/aromatic N) is 1. The molecule has 0 aromatic heterocycles. The Labute approximate surface area is 151 Å². The second-order valence-electron chi connectivity index (χ2n) is 7.45. The highest BCUT2D eigenvalue weighted by Gasteiger charge is 2.76. The van der Waals surface area contributed by atoms with Gasteiger partial charge in [0.15, 0.2) is 0 Å². The second-order valence-corrected chi connectivity index (χ2v) is 7.45. The first-order valence-electron chi connectivity index (χ1n) is 8.53. The maximum Gasteiger partial charge on any atom is 0.274 e. The molecule has 2 heterocycles. The number of carbonyl (C=O) groups is 1. The maximum atomic E-state index is 12.8. The van der Waals surface area contributed by atoms with Gasteiger partial charge in [0.1, 0.15) is 17.5 Å². The third kappa shape index (κ3) is 2.01. The van der Waals surface area contributed by atoms with E-state index in [9.17, 15) is 30.3 Å². The monoisotopic (exact) mass is 367 g/mol. The number of carbonyl (C=O) groups excluding carboxylic acids is 1. The lowest BCUT2D eigenvalue weighted by atomic mass is 9.82. The van der Waals surface area contributed by atoms with Gasteiger partial charge >= 0.3 is 0 Å². The van der Waals surface area contributed by atoms with Crippen LogP contribution in [0.3, 0.4) is 0 Å². The minimum Gasteiger partial charge on any atom is -0.507 e. The number of ether oxygens (including phenoxy) is 1. The van der Waals surface area contributed by atoms with Gasteiger partial charge in [-0.1, -0.05) is 6.92 Å². The summed E-state index contributed by atoms with van der Waals surface area (Å²) in [5.41, 5.74) is -1.83. The van der Waals surface area contributed by atoms with Crippen LogP contribution in [0.1, 0.15) is 43.4 Å². The highest BCUT2D eigenvalue weighted by molar-refractivity contribution is 5.94. The van der Waals surface area contributed by atoms with Gasteiger partial charge in [0, 0.05) is 13.0 Å². The van der Waals surface area contributed by atoms with E-state index >= 15 is 0 Å². The molecule has 1 saturated heterocycles. The molecule has 0 radical (unpaired) electrons. The number of benzene rings is 1. The van der Waals surface area contributed by atoms with E-state index in [1.54, 1.807) is 20.8 Å². The zero-order chi connectivity index (χ0) is 19.8. The van der Waals surface area contributed by atoms with Crippen molar-refractivity contribution in [2.24, 2.45) is 0 Å². The summed E-state index contributed by atoms with van der Waals surface area (Å²) in [5, 5.41) is 52.9. The van der Waals surface area contributed by atoms with Gasteiger partial charge in [-0.3, -0.25) is 4.79 Å². The fourth-order valence-corrected chi connectivity index (χ4v) is 4.18. The number of likely N-dealkylation sites (N-methyl/N-ethyl adjacent to an activating group) is 1. The highest BCUT2D eigenvalue weighted by atomic mass is 16.7. The fourth-order valence-electron chi connectivity index (χ4n) is 4.18. The normalized spacial score (nSPS) is 33.5. The number of aromatic hydroxyl groups is 1. The summed E-state index contributed by atoms with van der Waals surface area (Å²) in [6, 6.07) is 0.271. The van der Waals surface area contributed by atoms with Crippen LogP contribution in [0.15, 0.2) is 6.07 Å². The van der Waals surface area contributed by atoms with Crippen LogP contribution in [0.2, 0.25) is 0 Å². The number of hydrogen-bond donors (Lipinski definition) is 5. The Morgan fingerprint density at radius 2 is 1.81 bits per heavy atom. The minimum atomic E-state index is -2.54. The molecular formula is C18H25NO7. The number of phenolic OH excluding ortho intramolecular Hbond substituents is 1. The van der Waals surface area contributed by atoms with Crippen molar-refractivity contribution in [3.05, 3.63) is 22.8 Å². The molecule has 1 aromatic carbocycles. The average molecular weight is 367 g/mol. The predicted molar refractivity (Wildman–Crippen MR) is 90.7 cm³/mol. The topological polar surface area (TPSA) is 131 Å². The van der Waals surface area contributed by atoms with Gasteiger partial charge in [0.2, 0.25) is 5.60 Å². The predicted octanol–water partition coefficient (Wildman–Crippen LogP) is -0.325. The fraction of sp³-hybridized carbons (Fsp3) is 0.611. The first-order chi connectivity index (χ1) is 11.9. The van der Waals surface area contributed by atoms with Crippen LogP contribution >= 0.6 is 0 Å². The van der Waals surface area contributed by atoms with Crippen LogP contribution in [0, 0.1) is 6.92 Å². The van der Waals surface area contributed by atoms with Crippen LogP contribution < -0.4 is 4.74 Å². The molecule has 0 saturated carbocycles. The van der Waals surface area contributed by atoms with E-state index in [-0.39, 0.29) is 23.0 Å². The largest absolute Gasteiger partial charge is 0.507 e. The summed E-state index contributed by atoms with van der Waals surface area (Å²) >= 11 is 0. The summed E-state index contributed by atoms with van der Waals surface area (Å²) < 4.78 is 5.58. The Hall–Kier alpha value is -1.87. The molecule has 1 unspecified atom stereocenters. The van der Waals surface area contributed by atoms with Gasteiger partial charge in [0.25, 0.3) is 11.7 Å². The van der Waals surface area contributed by atoms with Crippen molar-refractivity contribution in [2.75, 3.05) is 7.05 Å². The molecule has 6 atom stereocenters. The minimum absolute atomic E-state index is 0.0484. The lowest BCUT2D eigenvalue weighted by Gasteiger charge is -2.33. The molecule has 1 fully saturated rings. The van der Waals surface area contributed by atoms with Crippen LogP contribution in [-0.4, -0.2) is 67.4 Å². The van der Waals surface area contributed by atoms with Gasteiger partial charge in [-0.25, -0.2) is 0 Å². The molecule has 1 aromatic rings. The number of aliphatic hydroxyl groups excluding tert-OH is 2. The summed E-state index contributed by atoms with van der Waals surface area (Å²) in [6.07, 6.45) is -1.91. The number of likely N-dealkylation sites (tertiary alicyclic amines) is 1. The summed E-state index contributed by atoms with van der Waals surface area (Å²) in [4.78, 5) is 13.8. The summed E-state index contributed by atoms with van der Waals surface area (Å²) in [5.74, 6) is -4.11. The lowest BCUT2D eigenvalue weighted by molar-refractivity contribution is -0.240. The van der Waals surface area contributed by atoms with E-state index < -0.39 is 35.5 Å². The van der Waals surface area contributed by atoms with Crippen molar-refractivity contribution < 1.29 is 35.1 Å². The molecule has 0 aliphatic carbocycles. The average Bonchev–Trinajstić information content (AvgIpc) is 2.85. The molecular weight excluding hydrogens is 342 g/mol. The van der Waals surface area contributed by atoms with Crippen molar-refractivity contribution in [1.29, 1.82) is 0 Å². The molecule has 8 heteroatoms. The highest BCUT2D eigenvalue weighted by Crippen LogP contribution is 2.58. The molecule has 1 amide bonds. The number of amides is 1. The van der Waals surface area contributed by atoms with Crippen molar-refractivity contribution in [1.82, 2.24) is 4.90 Å². The number of rotatable bonds is 3. The van der Waals surface area contributed by atoms with Crippen molar-refractivity contribution in [3.63, 3.8) is 0 Å². The number of aliphatic hydroxyl groups is 4. The molecule has 0 bridgehead atoms. The van der Waals surface area contributed by atoms with Gasteiger partial charge in [-0.05, 0) is 38.0 Å². The van der Waals surface area contributed by atoms with E-state index in [0.717, 1.165) is 4.90 Å². The van der Waals surface area contributed by atoms with Gasteiger partial charge in [-0.2, -0.15) is 0 Å². The second kappa shape index (κ2) is 5.56. The Balaban J connectivity index is 2.26. The Kier molecular flexibility index (Phi) is 4.04. The first kappa shape index (κ1) is 18.9. The van der Waals surface area contributed by atoms with E-state index in [0.29, 0.717) is 11.1 Å². The SMILES string of the molecule is Cc1c([C@H](C)[C@@H](C)O)cc2c(c1O)[C@@]1(O)C(=O)N(C)C([C@@H](C)O)[C@]1(O)O2.